The lowest BCUT2D eigenvalue weighted by atomic mass is 10.2. The van der Waals surface area contributed by atoms with Crippen molar-refractivity contribution < 1.29 is 4.79 Å². The van der Waals surface area contributed by atoms with Gasteiger partial charge in [-0.1, -0.05) is 59.5 Å². The smallest absolute Gasteiger partial charge is 0.233 e. The highest BCUT2D eigenvalue weighted by atomic mass is 32.2. The molecule has 1 saturated heterocycles. The van der Waals surface area contributed by atoms with Crippen LogP contribution in [-0.4, -0.2) is 51.9 Å². The number of likely N-dealkylation sites (tertiary alicyclic amines) is 1. The normalized spacial score (nSPS) is 17.5. The van der Waals surface area contributed by atoms with E-state index in [1.54, 1.807) is 11.3 Å². The van der Waals surface area contributed by atoms with Crippen molar-refractivity contribution >= 4 is 45.5 Å². The standard InChI is InChI=1S/C22H27N5OS3/c1-16(30-22-26-25-21(31-22)23-11-9-19-8-5-13-29-19)20(28)24-18-10-12-27(15-18)14-17-6-3-2-4-7-17/h2-8,13,16,18H,9-12,14-15H2,1H3,(H,23,25)(H,24,28). The van der Waals surface area contributed by atoms with Gasteiger partial charge in [-0.15, -0.1) is 21.5 Å². The van der Waals surface area contributed by atoms with E-state index in [0.717, 1.165) is 48.5 Å². The Morgan fingerprint density at radius 2 is 2.13 bits per heavy atom. The van der Waals surface area contributed by atoms with E-state index >= 15 is 0 Å². The maximum absolute atomic E-state index is 12.7. The summed E-state index contributed by atoms with van der Waals surface area (Å²) in [6, 6.07) is 14.9. The van der Waals surface area contributed by atoms with Gasteiger partial charge >= 0.3 is 0 Å². The Balaban J connectivity index is 1.18. The third kappa shape index (κ3) is 6.77. The maximum Gasteiger partial charge on any atom is 0.233 e. The van der Waals surface area contributed by atoms with Crippen molar-refractivity contribution in [1.29, 1.82) is 0 Å². The van der Waals surface area contributed by atoms with Crippen molar-refractivity contribution in [3.8, 4) is 0 Å². The predicted octanol–water partition coefficient (Wildman–Crippen LogP) is 4.13. The maximum atomic E-state index is 12.7. The molecule has 4 rings (SSSR count). The first-order valence-electron chi connectivity index (χ1n) is 10.5. The monoisotopic (exact) mass is 473 g/mol. The molecule has 0 spiro atoms. The van der Waals surface area contributed by atoms with Crippen LogP contribution in [-0.2, 0) is 17.8 Å². The first kappa shape index (κ1) is 22.3. The van der Waals surface area contributed by atoms with Gasteiger partial charge in [-0.05, 0) is 36.8 Å². The van der Waals surface area contributed by atoms with E-state index in [0.29, 0.717) is 0 Å². The van der Waals surface area contributed by atoms with Crippen molar-refractivity contribution in [2.45, 2.75) is 41.9 Å². The number of benzene rings is 1. The number of carbonyl (C=O) groups is 1. The van der Waals surface area contributed by atoms with Crippen LogP contribution in [0.25, 0.3) is 0 Å². The molecule has 1 amide bonds. The molecule has 0 radical (unpaired) electrons. The first-order valence-corrected chi connectivity index (χ1v) is 13.1. The number of carbonyl (C=O) groups excluding carboxylic acids is 1. The molecule has 1 aromatic carbocycles. The van der Waals surface area contributed by atoms with E-state index in [1.807, 2.05) is 13.0 Å². The van der Waals surface area contributed by atoms with Crippen LogP contribution >= 0.6 is 34.4 Å². The van der Waals surface area contributed by atoms with Crippen LogP contribution in [0.2, 0.25) is 0 Å². The summed E-state index contributed by atoms with van der Waals surface area (Å²) in [4.78, 5) is 16.4. The molecule has 6 nitrogen and oxygen atoms in total. The molecule has 0 bridgehead atoms. The number of amides is 1. The summed E-state index contributed by atoms with van der Waals surface area (Å²) in [6.45, 7) is 5.61. The Labute approximate surface area is 195 Å². The van der Waals surface area contributed by atoms with Gasteiger partial charge in [0.2, 0.25) is 11.0 Å². The zero-order valence-electron chi connectivity index (χ0n) is 17.5. The molecule has 9 heteroatoms. The Morgan fingerprint density at radius 3 is 2.94 bits per heavy atom. The Kier molecular flexibility index (Phi) is 7.96. The highest BCUT2D eigenvalue weighted by Gasteiger charge is 2.26. The largest absolute Gasteiger partial charge is 0.360 e. The van der Waals surface area contributed by atoms with E-state index in [-0.39, 0.29) is 17.2 Å². The van der Waals surface area contributed by atoms with E-state index in [2.05, 4.69) is 67.5 Å². The Bertz CT molecular complexity index is 947. The molecule has 31 heavy (non-hydrogen) atoms. The lowest BCUT2D eigenvalue weighted by Crippen LogP contribution is -2.40. The number of hydrogen-bond acceptors (Lipinski definition) is 8. The van der Waals surface area contributed by atoms with Crippen LogP contribution in [0.3, 0.4) is 0 Å². The van der Waals surface area contributed by atoms with E-state index in [1.165, 1.54) is 33.5 Å². The second kappa shape index (κ2) is 11.1. The van der Waals surface area contributed by atoms with Crippen LogP contribution in [0.5, 0.6) is 0 Å². The quantitative estimate of drug-likeness (QED) is 0.432. The number of rotatable bonds is 10. The van der Waals surface area contributed by atoms with Gasteiger partial charge in [0.25, 0.3) is 0 Å². The average molecular weight is 474 g/mol. The molecule has 3 aromatic rings. The molecule has 2 N–H and O–H groups in total. The van der Waals surface area contributed by atoms with Crippen molar-refractivity contribution in [2.75, 3.05) is 25.0 Å². The lowest BCUT2D eigenvalue weighted by Gasteiger charge is -2.18. The summed E-state index contributed by atoms with van der Waals surface area (Å²) < 4.78 is 0.818. The van der Waals surface area contributed by atoms with E-state index < -0.39 is 0 Å². The summed E-state index contributed by atoms with van der Waals surface area (Å²) in [7, 11) is 0. The second-order valence-corrected chi connectivity index (χ2v) is 11.2. The number of aromatic nitrogens is 2. The number of thiophene rings is 1. The van der Waals surface area contributed by atoms with Crippen molar-refractivity contribution in [2.24, 2.45) is 0 Å². The van der Waals surface area contributed by atoms with Crippen molar-refractivity contribution in [3.05, 3.63) is 58.3 Å². The zero-order chi connectivity index (χ0) is 21.5. The summed E-state index contributed by atoms with van der Waals surface area (Å²) in [5.74, 6) is 0.0685. The Morgan fingerprint density at radius 1 is 1.26 bits per heavy atom. The number of anilines is 1. The second-order valence-electron chi connectivity index (χ2n) is 7.60. The van der Waals surface area contributed by atoms with E-state index in [9.17, 15) is 4.79 Å². The molecule has 1 fully saturated rings. The number of hydrogen-bond donors (Lipinski definition) is 2. The first-order chi connectivity index (χ1) is 15.2. The fourth-order valence-electron chi connectivity index (χ4n) is 3.54. The minimum absolute atomic E-state index is 0.0685. The molecule has 2 atom stereocenters. The van der Waals surface area contributed by atoms with Gasteiger partial charge in [-0.2, -0.15) is 0 Å². The van der Waals surface area contributed by atoms with Crippen LogP contribution in [0.4, 0.5) is 5.13 Å². The zero-order valence-corrected chi connectivity index (χ0v) is 19.9. The van der Waals surface area contributed by atoms with E-state index in [4.69, 9.17) is 0 Å². The van der Waals surface area contributed by atoms with Crippen molar-refractivity contribution in [1.82, 2.24) is 20.4 Å². The molecule has 1 aliphatic heterocycles. The van der Waals surface area contributed by atoms with Crippen LogP contribution < -0.4 is 10.6 Å². The number of thioether (sulfide) groups is 1. The third-order valence-corrected chi connectivity index (χ3v) is 8.15. The molecule has 0 aliphatic carbocycles. The topological polar surface area (TPSA) is 70.1 Å². The molecule has 164 valence electrons. The molecule has 0 saturated carbocycles. The summed E-state index contributed by atoms with van der Waals surface area (Å²) >= 11 is 4.74. The molecular weight excluding hydrogens is 446 g/mol. The highest BCUT2D eigenvalue weighted by Crippen LogP contribution is 2.29. The molecule has 1 aliphatic rings. The summed E-state index contributed by atoms with van der Waals surface area (Å²) in [6.07, 6.45) is 1.97. The SMILES string of the molecule is CC(Sc1nnc(NCCc2cccs2)s1)C(=O)NC1CCN(Cc2ccccc2)C1. The molecule has 2 unspecified atom stereocenters. The van der Waals surface area contributed by atoms with Crippen molar-refractivity contribution in [3.63, 3.8) is 0 Å². The number of nitrogens with zero attached hydrogens (tertiary/aromatic N) is 3. The highest BCUT2D eigenvalue weighted by molar-refractivity contribution is 8.02. The average Bonchev–Trinajstić information content (AvgIpc) is 3.52. The fraction of sp³-hybridized carbons (Fsp3) is 0.409. The lowest BCUT2D eigenvalue weighted by molar-refractivity contribution is -0.120. The van der Waals surface area contributed by atoms with Gasteiger partial charge in [0.05, 0.1) is 5.25 Å². The van der Waals surface area contributed by atoms with Crippen LogP contribution in [0, 0.1) is 0 Å². The predicted molar refractivity (Wildman–Crippen MR) is 130 cm³/mol. The van der Waals surface area contributed by atoms with Crippen LogP contribution in [0.1, 0.15) is 23.8 Å². The molecule has 3 heterocycles. The summed E-state index contributed by atoms with van der Waals surface area (Å²) in [5, 5.41) is 17.7. The molecule has 2 aromatic heterocycles. The molecular formula is C22H27N5OS3. The van der Waals surface area contributed by atoms with Gasteiger partial charge in [0.15, 0.2) is 4.34 Å². The minimum atomic E-state index is -0.199. The van der Waals surface area contributed by atoms with Gasteiger partial charge < -0.3 is 10.6 Å². The van der Waals surface area contributed by atoms with Crippen LogP contribution in [0.15, 0.2) is 52.2 Å². The third-order valence-electron chi connectivity index (χ3n) is 5.15. The summed E-state index contributed by atoms with van der Waals surface area (Å²) in [5.41, 5.74) is 1.31. The fourth-order valence-corrected chi connectivity index (χ4v) is 6.17. The van der Waals surface area contributed by atoms with Gasteiger partial charge in [0, 0.05) is 37.1 Å². The number of nitrogens with one attached hydrogen (secondary N) is 2. The minimum Gasteiger partial charge on any atom is -0.360 e. The Hall–Kier alpha value is -1.94. The van der Waals surface area contributed by atoms with Gasteiger partial charge in [-0.3, -0.25) is 9.69 Å². The van der Waals surface area contributed by atoms with Gasteiger partial charge in [0.1, 0.15) is 0 Å². The van der Waals surface area contributed by atoms with Gasteiger partial charge in [-0.25, -0.2) is 0 Å².